The lowest BCUT2D eigenvalue weighted by molar-refractivity contribution is 0.0497. The SMILES string of the molecule is CCCCOC(=O)c1ccccc1OB(F)F. The normalized spacial score (nSPS) is 9.82. The van der Waals surface area contributed by atoms with Gasteiger partial charge in [-0.2, -0.15) is 0 Å². The van der Waals surface area contributed by atoms with E-state index in [1.807, 2.05) is 6.92 Å². The average Bonchev–Trinajstić information content (AvgIpc) is 2.29. The summed E-state index contributed by atoms with van der Waals surface area (Å²) in [5, 5.41) is 0. The Morgan fingerprint density at radius 1 is 1.35 bits per heavy atom. The minimum Gasteiger partial charge on any atom is -0.504 e. The van der Waals surface area contributed by atoms with Crippen molar-refractivity contribution in [3.05, 3.63) is 29.8 Å². The van der Waals surface area contributed by atoms with E-state index in [9.17, 15) is 13.4 Å². The van der Waals surface area contributed by atoms with Crippen molar-refractivity contribution in [2.45, 2.75) is 19.8 Å². The van der Waals surface area contributed by atoms with Crippen LogP contribution in [0.2, 0.25) is 0 Å². The summed E-state index contributed by atoms with van der Waals surface area (Å²) in [7, 11) is -2.96. The van der Waals surface area contributed by atoms with Gasteiger partial charge >= 0.3 is 13.4 Å². The molecule has 1 aromatic rings. The number of benzene rings is 1. The highest BCUT2D eigenvalue weighted by Gasteiger charge is 2.22. The van der Waals surface area contributed by atoms with Crippen molar-refractivity contribution in [1.29, 1.82) is 0 Å². The molecule has 0 N–H and O–H groups in total. The van der Waals surface area contributed by atoms with Crippen LogP contribution in [0.5, 0.6) is 5.75 Å². The number of para-hydroxylation sites is 1. The molecule has 3 nitrogen and oxygen atoms in total. The van der Waals surface area contributed by atoms with Crippen molar-refractivity contribution in [3.63, 3.8) is 0 Å². The third-order valence-electron chi connectivity index (χ3n) is 2.05. The van der Waals surface area contributed by atoms with Crippen LogP contribution in [-0.2, 0) is 4.74 Å². The second kappa shape index (κ2) is 6.88. The molecule has 6 heteroatoms. The summed E-state index contributed by atoms with van der Waals surface area (Å²) in [5.41, 5.74) is 0.0175. The summed E-state index contributed by atoms with van der Waals surface area (Å²) in [5.74, 6) is -0.807. The Morgan fingerprint density at radius 2 is 2.06 bits per heavy atom. The molecule has 0 saturated carbocycles. The summed E-state index contributed by atoms with van der Waals surface area (Å²) in [6.45, 7) is 2.24. The van der Waals surface area contributed by atoms with Gasteiger partial charge in [-0.3, -0.25) is 0 Å². The first-order valence-corrected chi connectivity index (χ1v) is 5.36. The minimum atomic E-state index is -2.96. The standard InChI is InChI=1S/C11H13BF2O3/c1-2-3-8-16-11(15)9-6-4-5-7-10(9)17-12(13)14/h4-7H,2-3,8H2,1H3. The van der Waals surface area contributed by atoms with Crippen molar-refractivity contribution in [3.8, 4) is 5.75 Å². The third kappa shape index (κ3) is 4.42. The van der Waals surface area contributed by atoms with E-state index in [1.165, 1.54) is 18.2 Å². The molecule has 0 unspecified atom stereocenters. The zero-order chi connectivity index (χ0) is 12.7. The Hall–Kier alpha value is -1.59. The van der Waals surface area contributed by atoms with Crippen molar-refractivity contribution in [2.24, 2.45) is 0 Å². The number of hydrogen-bond acceptors (Lipinski definition) is 3. The number of hydrogen-bond donors (Lipinski definition) is 0. The summed E-state index contributed by atoms with van der Waals surface area (Å²) in [4.78, 5) is 11.6. The largest absolute Gasteiger partial charge is 0.796 e. The number of esters is 1. The zero-order valence-electron chi connectivity index (χ0n) is 9.49. The highest BCUT2D eigenvalue weighted by Crippen LogP contribution is 2.20. The lowest BCUT2D eigenvalue weighted by atomic mass is 10.2. The van der Waals surface area contributed by atoms with Gasteiger partial charge in [0.1, 0.15) is 5.75 Å². The summed E-state index contributed by atoms with van der Waals surface area (Å²) in [6.07, 6.45) is 1.63. The maximum Gasteiger partial charge on any atom is 0.796 e. The first-order valence-electron chi connectivity index (χ1n) is 5.36. The van der Waals surface area contributed by atoms with Gasteiger partial charge in [0.15, 0.2) is 0 Å². The summed E-state index contributed by atoms with van der Waals surface area (Å²) < 4.78 is 33.4. The highest BCUT2D eigenvalue weighted by atomic mass is 19.2. The third-order valence-corrected chi connectivity index (χ3v) is 2.05. The van der Waals surface area contributed by atoms with Crippen molar-refractivity contribution < 1.29 is 22.8 Å². The van der Waals surface area contributed by atoms with E-state index in [2.05, 4.69) is 4.65 Å². The first-order chi connectivity index (χ1) is 8.15. The van der Waals surface area contributed by atoms with E-state index in [0.29, 0.717) is 0 Å². The number of rotatable bonds is 6. The molecule has 0 aliphatic carbocycles. The smallest absolute Gasteiger partial charge is 0.504 e. The number of unbranched alkanes of at least 4 members (excludes halogenated alkanes) is 1. The van der Waals surface area contributed by atoms with Crippen molar-refractivity contribution in [2.75, 3.05) is 6.61 Å². The Kier molecular flexibility index (Phi) is 5.46. The number of carbonyl (C=O) groups excluding carboxylic acids is 1. The molecule has 0 bridgehead atoms. The molecule has 0 heterocycles. The maximum absolute atomic E-state index is 12.1. The van der Waals surface area contributed by atoms with Gasteiger partial charge in [0.25, 0.3) is 0 Å². The Balaban J connectivity index is 2.71. The lowest BCUT2D eigenvalue weighted by Crippen LogP contribution is -2.13. The van der Waals surface area contributed by atoms with Crippen molar-refractivity contribution >= 4 is 13.4 Å². The van der Waals surface area contributed by atoms with E-state index < -0.39 is 13.4 Å². The molecule has 17 heavy (non-hydrogen) atoms. The average molecular weight is 242 g/mol. The fourth-order valence-electron chi connectivity index (χ4n) is 1.22. The molecule has 0 radical (unpaired) electrons. The second-order valence-corrected chi connectivity index (χ2v) is 3.36. The molecule has 0 fully saturated rings. The molecular formula is C11H13BF2O3. The fourth-order valence-corrected chi connectivity index (χ4v) is 1.22. The second-order valence-electron chi connectivity index (χ2n) is 3.36. The summed E-state index contributed by atoms with van der Waals surface area (Å²) >= 11 is 0. The van der Waals surface area contributed by atoms with Gasteiger partial charge in [-0.1, -0.05) is 25.5 Å². The van der Waals surface area contributed by atoms with Crippen LogP contribution in [0.15, 0.2) is 24.3 Å². The van der Waals surface area contributed by atoms with Crippen LogP contribution in [0.3, 0.4) is 0 Å². The van der Waals surface area contributed by atoms with E-state index in [-0.39, 0.29) is 17.9 Å². The predicted octanol–water partition coefficient (Wildman–Crippen LogP) is 2.95. The molecular weight excluding hydrogens is 229 g/mol. The number of halogens is 2. The van der Waals surface area contributed by atoms with Crippen LogP contribution in [0, 0.1) is 0 Å². The Bertz CT molecular complexity index is 371. The highest BCUT2D eigenvalue weighted by molar-refractivity contribution is 6.35. The first kappa shape index (κ1) is 13.5. The molecule has 92 valence electrons. The van der Waals surface area contributed by atoms with Gasteiger partial charge in [-0.25, -0.2) is 13.4 Å². The van der Waals surface area contributed by atoms with Gasteiger partial charge in [0, 0.05) is 0 Å². The maximum atomic E-state index is 12.1. The van der Waals surface area contributed by atoms with Crippen molar-refractivity contribution in [1.82, 2.24) is 0 Å². The zero-order valence-corrected chi connectivity index (χ0v) is 9.49. The van der Waals surface area contributed by atoms with Gasteiger partial charge in [-0.05, 0) is 18.6 Å². The van der Waals surface area contributed by atoms with Gasteiger partial charge < -0.3 is 9.39 Å². The number of carbonyl (C=O) groups is 1. The van der Waals surface area contributed by atoms with Crippen LogP contribution in [0.25, 0.3) is 0 Å². The Labute approximate surface area is 98.9 Å². The lowest BCUT2D eigenvalue weighted by Gasteiger charge is -2.09. The van der Waals surface area contributed by atoms with Crippen LogP contribution in [0.4, 0.5) is 8.63 Å². The Morgan fingerprint density at radius 3 is 2.71 bits per heavy atom. The molecule has 0 amide bonds. The van der Waals surface area contributed by atoms with Crippen LogP contribution in [0.1, 0.15) is 30.1 Å². The van der Waals surface area contributed by atoms with Crippen LogP contribution >= 0.6 is 0 Å². The predicted molar refractivity (Wildman–Crippen MR) is 60.2 cm³/mol. The molecule has 0 aromatic heterocycles. The molecule has 0 spiro atoms. The fraction of sp³-hybridized carbons (Fsp3) is 0.364. The molecule has 0 saturated heterocycles. The minimum absolute atomic E-state index is 0.0175. The van der Waals surface area contributed by atoms with Gasteiger partial charge in [0.2, 0.25) is 0 Å². The van der Waals surface area contributed by atoms with Gasteiger partial charge in [-0.15, -0.1) is 0 Å². The van der Waals surface area contributed by atoms with E-state index in [4.69, 9.17) is 4.74 Å². The van der Waals surface area contributed by atoms with Crippen LogP contribution < -0.4 is 4.65 Å². The monoisotopic (exact) mass is 242 g/mol. The topological polar surface area (TPSA) is 35.5 Å². The summed E-state index contributed by atoms with van der Waals surface area (Å²) in [6, 6.07) is 5.78. The molecule has 0 aliphatic rings. The van der Waals surface area contributed by atoms with Gasteiger partial charge in [0.05, 0.1) is 12.2 Å². The van der Waals surface area contributed by atoms with E-state index in [1.54, 1.807) is 6.07 Å². The number of ether oxygens (including phenoxy) is 1. The molecule has 1 rings (SSSR count). The van der Waals surface area contributed by atoms with E-state index in [0.717, 1.165) is 12.8 Å². The molecule has 0 atom stereocenters. The van der Waals surface area contributed by atoms with E-state index >= 15 is 0 Å². The van der Waals surface area contributed by atoms with Crippen LogP contribution in [-0.4, -0.2) is 20.0 Å². The quantitative estimate of drug-likeness (QED) is 0.437. The molecule has 0 aliphatic heterocycles. The molecule has 1 aromatic carbocycles.